The van der Waals surface area contributed by atoms with Gasteiger partial charge in [-0.2, -0.15) is 0 Å². The molecule has 0 amide bonds. The van der Waals surface area contributed by atoms with E-state index in [4.69, 9.17) is 0 Å². The Hall–Kier alpha value is -4.01. The quantitative estimate of drug-likeness (QED) is 0.374. The molecule has 4 aromatic rings. The second-order valence-electron chi connectivity index (χ2n) is 9.33. The first-order valence-electron chi connectivity index (χ1n) is 12.0. The Balaban J connectivity index is 0.000000202. The molecule has 0 unspecified atom stereocenters. The number of hydrogen-bond donors (Lipinski definition) is 0. The Labute approximate surface area is 211 Å². The topological polar surface area (TPSA) is 120 Å². The van der Waals surface area contributed by atoms with Crippen LogP contribution in [0.25, 0.3) is 22.8 Å². The lowest BCUT2D eigenvalue weighted by atomic mass is 10.0. The van der Waals surface area contributed by atoms with Gasteiger partial charge < -0.3 is 0 Å². The molecule has 0 atom stereocenters. The summed E-state index contributed by atoms with van der Waals surface area (Å²) in [6.07, 6.45) is 1.55. The summed E-state index contributed by atoms with van der Waals surface area (Å²) in [4.78, 5) is 11.7. The minimum atomic E-state index is 0.0634. The van der Waals surface area contributed by atoms with Gasteiger partial charge in [0.25, 0.3) is 0 Å². The molecule has 186 valence electrons. The molecule has 0 aliphatic heterocycles. The summed E-state index contributed by atoms with van der Waals surface area (Å²) in [5.41, 5.74) is 4.13. The standard InChI is InChI=1S/C14H16N4O.C13H16N4/c1-9(2)13(19)8-11-4-6-12(7-5-11)14-17-15-10(3)16-18-14;1-9(2)8-11-4-6-12(7-5-11)13-16-14-10(3)15-17-13/h4-7,9H,8H2,1-3H3;4-7,9H,8H2,1-3H3. The maximum Gasteiger partial charge on any atom is 0.203 e. The zero-order valence-electron chi connectivity index (χ0n) is 21.7. The summed E-state index contributed by atoms with van der Waals surface area (Å²) in [6, 6.07) is 15.9. The number of ketones is 1. The minimum absolute atomic E-state index is 0.0634. The maximum absolute atomic E-state index is 11.7. The van der Waals surface area contributed by atoms with Gasteiger partial charge in [-0.15, -0.1) is 40.8 Å². The average molecular weight is 485 g/mol. The molecular formula is C27H32N8O. The van der Waals surface area contributed by atoms with E-state index < -0.39 is 0 Å². The van der Waals surface area contributed by atoms with Gasteiger partial charge in [0.15, 0.2) is 11.6 Å². The molecule has 0 radical (unpaired) electrons. The number of carbonyl (C=O) groups is 1. The Morgan fingerprint density at radius 3 is 1.36 bits per heavy atom. The molecular weight excluding hydrogens is 452 g/mol. The first kappa shape index (κ1) is 26.6. The van der Waals surface area contributed by atoms with E-state index in [1.807, 2.05) is 50.2 Å². The molecule has 36 heavy (non-hydrogen) atoms. The van der Waals surface area contributed by atoms with Crippen LogP contribution in [0, 0.1) is 25.7 Å². The number of aryl methyl sites for hydroxylation is 2. The lowest BCUT2D eigenvalue weighted by Gasteiger charge is -2.05. The van der Waals surface area contributed by atoms with E-state index in [0.717, 1.165) is 23.1 Å². The van der Waals surface area contributed by atoms with Crippen LogP contribution in [0.2, 0.25) is 0 Å². The maximum atomic E-state index is 11.7. The first-order chi connectivity index (χ1) is 17.2. The van der Waals surface area contributed by atoms with Crippen LogP contribution in [0.1, 0.15) is 50.5 Å². The van der Waals surface area contributed by atoms with E-state index in [9.17, 15) is 4.79 Å². The third-order valence-corrected chi connectivity index (χ3v) is 5.25. The Morgan fingerprint density at radius 1 is 0.611 bits per heavy atom. The highest BCUT2D eigenvalue weighted by Crippen LogP contribution is 2.17. The van der Waals surface area contributed by atoms with Gasteiger partial charge in [-0.05, 0) is 37.3 Å². The van der Waals surface area contributed by atoms with Crippen LogP contribution in [-0.4, -0.2) is 46.6 Å². The fourth-order valence-corrected chi connectivity index (χ4v) is 3.23. The average Bonchev–Trinajstić information content (AvgIpc) is 2.86. The predicted molar refractivity (Wildman–Crippen MR) is 138 cm³/mol. The van der Waals surface area contributed by atoms with Crippen LogP contribution in [0.4, 0.5) is 0 Å². The van der Waals surface area contributed by atoms with Gasteiger partial charge in [0.1, 0.15) is 5.78 Å². The summed E-state index contributed by atoms with van der Waals surface area (Å²) in [7, 11) is 0. The van der Waals surface area contributed by atoms with E-state index >= 15 is 0 Å². The smallest absolute Gasteiger partial charge is 0.203 e. The van der Waals surface area contributed by atoms with E-state index in [-0.39, 0.29) is 11.7 Å². The van der Waals surface area contributed by atoms with Crippen molar-refractivity contribution in [1.29, 1.82) is 0 Å². The highest BCUT2D eigenvalue weighted by molar-refractivity contribution is 5.82. The second kappa shape index (κ2) is 12.6. The molecule has 0 fully saturated rings. The normalized spacial score (nSPS) is 10.8. The molecule has 0 saturated heterocycles. The van der Waals surface area contributed by atoms with Crippen LogP contribution in [0.15, 0.2) is 48.5 Å². The van der Waals surface area contributed by atoms with Crippen molar-refractivity contribution in [3.8, 4) is 22.8 Å². The number of rotatable bonds is 7. The number of benzene rings is 2. The Kier molecular flexibility index (Phi) is 9.32. The Morgan fingerprint density at radius 2 is 1.00 bits per heavy atom. The molecule has 4 rings (SSSR count). The molecule has 9 nitrogen and oxygen atoms in total. The fraction of sp³-hybridized carbons (Fsp3) is 0.370. The summed E-state index contributed by atoms with van der Waals surface area (Å²) in [5.74, 6) is 3.17. The van der Waals surface area contributed by atoms with Crippen molar-refractivity contribution in [2.75, 3.05) is 0 Å². The van der Waals surface area contributed by atoms with Crippen molar-refractivity contribution in [2.24, 2.45) is 11.8 Å². The molecule has 0 aliphatic carbocycles. The van der Waals surface area contributed by atoms with Crippen molar-refractivity contribution in [2.45, 2.75) is 54.4 Å². The molecule has 0 N–H and O–H groups in total. The molecule has 2 heterocycles. The van der Waals surface area contributed by atoms with Crippen LogP contribution < -0.4 is 0 Å². The molecule has 0 spiro atoms. The Bertz CT molecular complexity index is 1240. The molecule has 0 saturated carbocycles. The van der Waals surface area contributed by atoms with E-state index in [1.165, 1.54) is 5.56 Å². The predicted octanol–water partition coefficient (Wildman–Crippen LogP) is 4.45. The van der Waals surface area contributed by atoms with Crippen molar-refractivity contribution < 1.29 is 4.79 Å². The third kappa shape index (κ3) is 8.04. The van der Waals surface area contributed by atoms with Gasteiger partial charge in [-0.1, -0.05) is 76.2 Å². The number of Topliss-reactive ketones (excluding diaryl/α,β-unsaturated/α-hetero) is 1. The van der Waals surface area contributed by atoms with Gasteiger partial charge >= 0.3 is 0 Å². The third-order valence-electron chi connectivity index (χ3n) is 5.25. The van der Waals surface area contributed by atoms with Crippen LogP contribution >= 0.6 is 0 Å². The van der Waals surface area contributed by atoms with Crippen LogP contribution in [-0.2, 0) is 17.6 Å². The van der Waals surface area contributed by atoms with Gasteiger partial charge in [-0.25, -0.2) is 0 Å². The minimum Gasteiger partial charge on any atom is -0.299 e. The van der Waals surface area contributed by atoms with Gasteiger partial charge in [0.2, 0.25) is 11.6 Å². The van der Waals surface area contributed by atoms with E-state index in [0.29, 0.717) is 35.6 Å². The molecule has 0 bridgehead atoms. The van der Waals surface area contributed by atoms with Crippen molar-refractivity contribution in [3.63, 3.8) is 0 Å². The second-order valence-corrected chi connectivity index (χ2v) is 9.33. The molecule has 2 aromatic carbocycles. The van der Waals surface area contributed by atoms with Gasteiger partial charge in [0, 0.05) is 23.5 Å². The fourth-order valence-electron chi connectivity index (χ4n) is 3.23. The molecule has 9 heteroatoms. The summed E-state index contributed by atoms with van der Waals surface area (Å²) < 4.78 is 0. The van der Waals surface area contributed by atoms with E-state index in [1.54, 1.807) is 13.8 Å². The lowest BCUT2D eigenvalue weighted by Crippen LogP contribution is -2.10. The van der Waals surface area contributed by atoms with Gasteiger partial charge in [-0.3, -0.25) is 4.79 Å². The molecule has 0 aliphatic rings. The zero-order valence-corrected chi connectivity index (χ0v) is 21.7. The largest absolute Gasteiger partial charge is 0.299 e. The van der Waals surface area contributed by atoms with Crippen LogP contribution in [0.5, 0.6) is 0 Å². The first-order valence-corrected chi connectivity index (χ1v) is 12.0. The summed E-state index contributed by atoms with van der Waals surface area (Å²) >= 11 is 0. The van der Waals surface area contributed by atoms with E-state index in [2.05, 4.69) is 66.8 Å². The zero-order chi connectivity index (χ0) is 26.1. The number of nitrogens with zero attached hydrogens (tertiary/aromatic N) is 8. The number of hydrogen-bond acceptors (Lipinski definition) is 9. The van der Waals surface area contributed by atoms with Crippen molar-refractivity contribution >= 4 is 5.78 Å². The summed E-state index contributed by atoms with van der Waals surface area (Å²) in [5, 5.41) is 31.5. The lowest BCUT2D eigenvalue weighted by molar-refractivity contribution is -0.121. The number of carbonyl (C=O) groups excluding carboxylic acids is 1. The van der Waals surface area contributed by atoms with Crippen LogP contribution in [0.3, 0.4) is 0 Å². The van der Waals surface area contributed by atoms with Crippen molar-refractivity contribution in [1.82, 2.24) is 40.8 Å². The highest BCUT2D eigenvalue weighted by atomic mass is 16.1. The SMILES string of the molecule is Cc1nnc(-c2ccc(CC(=O)C(C)C)cc2)nn1.Cc1nnc(-c2ccc(CC(C)C)cc2)nn1. The molecule has 2 aromatic heterocycles. The monoisotopic (exact) mass is 484 g/mol. The highest BCUT2D eigenvalue weighted by Gasteiger charge is 2.09. The number of aromatic nitrogens is 8. The summed E-state index contributed by atoms with van der Waals surface area (Å²) in [6.45, 7) is 11.8. The van der Waals surface area contributed by atoms with Crippen molar-refractivity contribution in [3.05, 3.63) is 71.3 Å². The van der Waals surface area contributed by atoms with Gasteiger partial charge in [0.05, 0.1) is 0 Å².